The van der Waals surface area contributed by atoms with Crippen molar-refractivity contribution in [3.8, 4) is 0 Å². The molecular formula is C19H34N2. The van der Waals surface area contributed by atoms with E-state index in [0.29, 0.717) is 11.8 Å². The van der Waals surface area contributed by atoms with Crippen molar-refractivity contribution < 1.29 is 0 Å². The van der Waals surface area contributed by atoms with E-state index < -0.39 is 0 Å². The standard InChI is InChI=1S/C19H34N2/c1-7-17(11-13-21(6)12-10-15(2)3)19-9-8-18(14-20-19)16(4)5/h8-9,14-17H,7,10-13H2,1-6H3. The number of hydrogen-bond donors (Lipinski definition) is 0. The molecule has 0 amide bonds. The SMILES string of the molecule is CCC(CCN(C)CCC(C)C)c1ccc(C(C)C)cn1. The molecule has 2 heteroatoms. The van der Waals surface area contributed by atoms with Crippen LogP contribution >= 0.6 is 0 Å². The summed E-state index contributed by atoms with van der Waals surface area (Å²) < 4.78 is 0. The Hall–Kier alpha value is -0.890. The molecule has 0 N–H and O–H groups in total. The third-order valence-electron chi connectivity index (χ3n) is 4.33. The van der Waals surface area contributed by atoms with Crippen molar-refractivity contribution in [3.05, 3.63) is 29.6 Å². The van der Waals surface area contributed by atoms with Gasteiger partial charge < -0.3 is 4.90 Å². The summed E-state index contributed by atoms with van der Waals surface area (Å²) in [4.78, 5) is 7.17. The van der Waals surface area contributed by atoms with E-state index in [4.69, 9.17) is 4.98 Å². The van der Waals surface area contributed by atoms with Crippen LogP contribution in [0.5, 0.6) is 0 Å². The van der Waals surface area contributed by atoms with Crippen LogP contribution in [-0.2, 0) is 0 Å². The molecule has 2 nitrogen and oxygen atoms in total. The summed E-state index contributed by atoms with van der Waals surface area (Å²) in [5.74, 6) is 1.95. The Balaban J connectivity index is 2.50. The normalized spacial score (nSPS) is 13.4. The average Bonchev–Trinajstić information content (AvgIpc) is 2.46. The third kappa shape index (κ3) is 6.60. The highest BCUT2D eigenvalue weighted by molar-refractivity contribution is 5.19. The van der Waals surface area contributed by atoms with Crippen LogP contribution in [0, 0.1) is 5.92 Å². The van der Waals surface area contributed by atoms with Crippen molar-refractivity contribution in [2.45, 2.75) is 65.7 Å². The Morgan fingerprint density at radius 2 is 1.71 bits per heavy atom. The van der Waals surface area contributed by atoms with Crippen LogP contribution in [0.2, 0.25) is 0 Å². The zero-order chi connectivity index (χ0) is 15.8. The zero-order valence-electron chi connectivity index (χ0n) is 14.9. The van der Waals surface area contributed by atoms with Gasteiger partial charge in [-0.1, -0.05) is 40.7 Å². The van der Waals surface area contributed by atoms with Gasteiger partial charge in [0.2, 0.25) is 0 Å². The maximum atomic E-state index is 4.70. The van der Waals surface area contributed by atoms with Gasteiger partial charge in [-0.2, -0.15) is 0 Å². The highest BCUT2D eigenvalue weighted by Crippen LogP contribution is 2.23. The van der Waals surface area contributed by atoms with Crippen LogP contribution in [0.3, 0.4) is 0 Å². The van der Waals surface area contributed by atoms with Gasteiger partial charge in [0, 0.05) is 17.8 Å². The fourth-order valence-electron chi connectivity index (χ4n) is 2.53. The van der Waals surface area contributed by atoms with Crippen LogP contribution in [0.15, 0.2) is 18.3 Å². The molecule has 1 heterocycles. The van der Waals surface area contributed by atoms with Gasteiger partial charge in [0.15, 0.2) is 0 Å². The smallest absolute Gasteiger partial charge is 0.0435 e. The van der Waals surface area contributed by atoms with Gasteiger partial charge in [0.1, 0.15) is 0 Å². The van der Waals surface area contributed by atoms with Gasteiger partial charge >= 0.3 is 0 Å². The molecular weight excluding hydrogens is 256 g/mol. The molecule has 0 radical (unpaired) electrons. The quantitative estimate of drug-likeness (QED) is 0.631. The Bertz CT molecular complexity index is 381. The van der Waals surface area contributed by atoms with Gasteiger partial charge in [0.05, 0.1) is 0 Å². The van der Waals surface area contributed by atoms with Crippen LogP contribution in [0.1, 0.15) is 77.0 Å². The zero-order valence-corrected chi connectivity index (χ0v) is 14.9. The van der Waals surface area contributed by atoms with Crippen molar-refractivity contribution in [2.24, 2.45) is 5.92 Å². The molecule has 0 aromatic carbocycles. The lowest BCUT2D eigenvalue weighted by atomic mass is 9.96. The summed E-state index contributed by atoms with van der Waals surface area (Å²) in [6, 6.07) is 4.48. The van der Waals surface area contributed by atoms with E-state index in [0.717, 1.165) is 5.92 Å². The first-order valence-electron chi connectivity index (χ1n) is 8.58. The number of aromatic nitrogens is 1. The first-order valence-corrected chi connectivity index (χ1v) is 8.58. The molecule has 0 saturated heterocycles. The number of rotatable bonds is 9. The first-order chi connectivity index (χ1) is 9.93. The lowest BCUT2D eigenvalue weighted by Crippen LogP contribution is -2.23. The van der Waals surface area contributed by atoms with Crippen molar-refractivity contribution in [1.82, 2.24) is 9.88 Å². The molecule has 1 aromatic rings. The predicted octanol–water partition coefficient (Wildman–Crippen LogP) is 5.07. The minimum atomic E-state index is 0.564. The highest BCUT2D eigenvalue weighted by Gasteiger charge is 2.12. The summed E-state index contributed by atoms with van der Waals surface area (Å²) in [5, 5.41) is 0. The van der Waals surface area contributed by atoms with Gasteiger partial charge in [-0.3, -0.25) is 4.98 Å². The fourth-order valence-corrected chi connectivity index (χ4v) is 2.53. The molecule has 1 aromatic heterocycles. The maximum Gasteiger partial charge on any atom is 0.0435 e. The molecule has 1 atom stereocenters. The molecule has 120 valence electrons. The monoisotopic (exact) mass is 290 g/mol. The second kappa shape index (κ2) is 9.19. The van der Waals surface area contributed by atoms with E-state index in [1.165, 1.54) is 43.6 Å². The number of pyridine rings is 1. The maximum absolute atomic E-state index is 4.70. The summed E-state index contributed by atoms with van der Waals surface area (Å²) in [5.41, 5.74) is 2.60. The van der Waals surface area contributed by atoms with E-state index in [2.05, 4.69) is 64.9 Å². The fraction of sp³-hybridized carbons (Fsp3) is 0.737. The Morgan fingerprint density at radius 1 is 1.05 bits per heavy atom. The molecule has 21 heavy (non-hydrogen) atoms. The lowest BCUT2D eigenvalue weighted by molar-refractivity contribution is 0.295. The van der Waals surface area contributed by atoms with Crippen LogP contribution in [0.4, 0.5) is 0 Å². The summed E-state index contributed by atoms with van der Waals surface area (Å²) in [6.07, 6.45) is 5.73. The minimum absolute atomic E-state index is 0.564. The van der Waals surface area contributed by atoms with E-state index in [1.807, 2.05) is 0 Å². The Morgan fingerprint density at radius 3 is 2.19 bits per heavy atom. The third-order valence-corrected chi connectivity index (χ3v) is 4.33. The topological polar surface area (TPSA) is 16.1 Å². The molecule has 0 saturated carbocycles. The molecule has 0 bridgehead atoms. The van der Waals surface area contributed by atoms with Crippen LogP contribution in [-0.4, -0.2) is 30.0 Å². The van der Waals surface area contributed by atoms with Gasteiger partial charge in [-0.25, -0.2) is 0 Å². The van der Waals surface area contributed by atoms with Crippen molar-refractivity contribution in [1.29, 1.82) is 0 Å². The molecule has 1 rings (SSSR count). The molecule has 0 fully saturated rings. The molecule has 0 aliphatic heterocycles. The van der Waals surface area contributed by atoms with Crippen LogP contribution < -0.4 is 0 Å². The predicted molar refractivity (Wildman–Crippen MR) is 92.9 cm³/mol. The van der Waals surface area contributed by atoms with Crippen molar-refractivity contribution in [3.63, 3.8) is 0 Å². The van der Waals surface area contributed by atoms with Crippen molar-refractivity contribution >= 4 is 0 Å². The van der Waals surface area contributed by atoms with E-state index in [9.17, 15) is 0 Å². The minimum Gasteiger partial charge on any atom is -0.306 e. The number of hydrogen-bond acceptors (Lipinski definition) is 2. The van der Waals surface area contributed by atoms with Gasteiger partial charge in [-0.15, -0.1) is 0 Å². The summed E-state index contributed by atoms with van der Waals surface area (Å²) in [7, 11) is 2.24. The molecule has 0 aliphatic carbocycles. The number of nitrogens with zero attached hydrogens (tertiary/aromatic N) is 2. The molecule has 1 unspecified atom stereocenters. The van der Waals surface area contributed by atoms with Crippen molar-refractivity contribution in [2.75, 3.05) is 20.1 Å². The van der Waals surface area contributed by atoms with Crippen LogP contribution in [0.25, 0.3) is 0 Å². The van der Waals surface area contributed by atoms with E-state index in [1.54, 1.807) is 0 Å². The van der Waals surface area contributed by atoms with Gasteiger partial charge in [-0.05, 0) is 62.9 Å². The van der Waals surface area contributed by atoms with E-state index >= 15 is 0 Å². The molecule has 0 spiro atoms. The first kappa shape index (κ1) is 18.2. The average molecular weight is 290 g/mol. The van der Waals surface area contributed by atoms with Gasteiger partial charge in [0.25, 0.3) is 0 Å². The van der Waals surface area contributed by atoms with E-state index in [-0.39, 0.29) is 0 Å². The second-order valence-corrected chi connectivity index (χ2v) is 7.05. The lowest BCUT2D eigenvalue weighted by Gasteiger charge is -2.21. The summed E-state index contributed by atoms with van der Waals surface area (Å²) >= 11 is 0. The largest absolute Gasteiger partial charge is 0.306 e. The Labute approximate surface area is 132 Å². The summed E-state index contributed by atoms with van der Waals surface area (Å²) in [6.45, 7) is 13.7. The second-order valence-electron chi connectivity index (χ2n) is 7.05. The Kier molecular flexibility index (Phi) is 7.95. The highest BCUT2D eigenvalue weighted by atomic mass is 15.1. The molecule has 0 aliphatic rings.